The third-order valence-corrected chi connectivity index (χ3v) is 6.05. The number of hydrogen-bond acceptors (Lipinski definition) is 4. The van der Waals surface area contributed by atoms with E-state index in [1.54, 1.807) is 19.1 Å². The van der Waals surface area contributed by atoms with Crippen LogP contribution in [0.5, 0.6) is 5.75 Å². The molecule has 0 fully saturated rings. The van der Waals surface area contributed by atoms with Gasteiger partial charge in [-0.25, -0.2) is 8.42 Å². The molecule has 2 aromatic carbocycles. The average Bonchev–Trinajstić information content (AvgIpc) is 2.63. The van der Waals surface area contributed by atoms with Crippen LogP contribution in [0.1, 0.15) is 30.5 Å². The van der Waals surface area contributed by atoms with Gasteiger partial charge in [-0.3, -0.25) is 9.10 Å². The van der Waals surface area contributed by atoms with Gasteiger partial charge in [0.1, 0.15) is 18.4 Å². The first kappa shape index (κ1) is 22.7. The van der Waals surface area contributed by atoms with Gasteiger partial charge < -0.3 is 10.1 Å². The maximum Gasteiger partial charge on any atom is 0.243 e. The van der Waals surface area contributed by atoms with Crippen LogP contribution in [-0.2, 0) is 14.8 Å². The molecule has 1 N–H and O–H groups in total. The van der Waals surface area contributed by atoms with E-state index in [9.17, 15) is 13.2 Å². The highest BCUT2D eigenvalue weighted by molar-refractivity contribution is 7.92. The minimum absolute atomic E-state index is 0.284. The number of ether oxygens (including phenoxy) is 1. The summed E-state index contributed by atoms with van der Waals surface area (Å²) in [5.74, 6) is 0.379. The number of para-hydroxylation sites is 1. The van der Waals surface area contributed by atoms with Crippen LogP contribution in [0.15, 0.2) is 42.5 Å². The molecule has 0 saturated carbocycles. The number of nitrogens with one attached hydrogen (secondary N) is 1. The first-order valence-electron chi connectivity index (χ1n) is 9.56. The minimum Gasteiger partial charge on any atom is -0.491 e. The Kier molecular flexibility index (Phi) is 7.30. The molecule has 0 heterocycles. The first-order chi connectivity index (χ1) is 13.5. The van der Waals surface area contributed by atoms with Crippen molar-refractivity contribution in [3.05, 3.63) is 59.2 Å². The molecule has 2 rings (SSSR count). The molecule has 0 radical (unpaired) electrons. The van der Waals surface area contributed by atoms with Gasteiger partial charge in [0.05, 0.1) is 18.0 Å². The van der Waals surface area contributed by atoms with Gasteiger partial charge in [-0.15, -0.1) is 0 Å². The molecular weight excluding hydrogens is 388 g/mol. The number of hydrogen-bond donors (Lipinski definition) is 1. The lowest BCUT2D eigenvalue weighted by Crippen LogP contribution is -2.50. The number of anilines is 1. The number of nitrogens with zero attached hydrogens (tertiary/aromatic N) is 1. The number of sulfonamides is 1. The van der Waals surface area contributed by atoms with Gasteiger partial charge in [-0.05, 0) is 69.5 Å². The Hall–Kier alpha value is -2.54. The van der Waals surface area contributed by atoms with Crippen molar-refractivity contribution in [3.63, 3.8) is 0 Å². The van der Waals surface area contributed by atoms with E-state index < -0.39 is 16.1 Å². The largest absolute Gasteiger partial charge is 0.491 e. The van der Waals surface area contributed by atoms with E-state index in [0.717, 1.165) is 33.0 Å². The van der Waals surface area contributed by atoms with Gasteiger partial charge in [-0.2, -0.15) is 0 Å². The zero-order valence-electron chi connectivity index (χ0n) is 17.9. The van der Waals surface area contributed by atoms with Gasteiger partial charge in [-0.1, -0.05) is 24.3 Å². The van der Waals surface area contributed by atoms with Gasteiger partial charge in [0.2, 0.25) is 15.9 Å². The molecule has 0 spiro atoms. The zero-order valence-corrected chi connectivity index (χ0v) is 18.7. The molecule has 2 atom stereocenters. The Labute approximate surface area is 173 Å². The van der Waals surface area contributed by atoms with Gasteiger partial charge in [0, 0.05) is 0 Å². The molecule has 158 valence electrons. The molecule has 6 nitrogen and oxygen atoms in total. The summed E-state index contributed by atoms with van der Waals surface area (Å²) in [6.45, 7) is 9.51. The fourth-order valence-corrected chi connectivity index (χ4v) is 4.18. The summed E-state index contributed by atoms with van der Waals surface area (Å²) < 4.78 is 31.8. The second-order valence-electron chi connectivity index (χ2n) is 7.49. The van der Waals surface area contributed by atoms with E-state index in [2.05, 4.69) is 5.32 Å². The molecule has 2 aromatic rings. The number of amides is 1. The maximum atomic E-state index is 12.8. The topological polar surface area (TPSA) is 75.7 Å². The summed E-state index contributed by atoms with van der Waals surface area (Å²) in [7, 11) is -3.65. The Morgan fingerprint density at radius 1 is 1.03 bits per heavy atom. The summed E-state index contributed by atoms with van der Waals surface area (Å²) in [6.07, 6.45) is 1.11. The molecule has 0 saturated heterocycles. The zero-order chi connectivity index (χ0) is 21.8. The van der Waals surface area contributed by atoms with Crippen LogP contribution in [0, 0.1) is 20.8 Å². The smallest absolute Gasteiger partial charge is 0.243 e. The Morgan fingerprint density at radius 3 is 2.28 bits per heavy atom. The highest BCUT2D eigenvalue weighted by Crippen LogP contribution is 2.24. The van der Waals surface area contributed by atoms with Gasteiger partial charge in [0.25, 0.3) is 0 Å². The van der Waals surface area contributed by atoms with Crippen molar-refractivity contribution < 1.29 is 17.9 Å². The summed E-state index contributed by atoms with van der Waals surface area (Å²) in [6, 6.07) is 11.8. The molecule has 0 aliphatic heterocycles. The molecule has 1 amide bonds. The van der Waals surface area contributed by atoms with E-state index in [0.29, 0.717) is 5.69 Å². The number of aryl methyl sites for hydroxylation is 3. The van der Waals surface area contributed by atoms with Crippen molar-refractivity contribution in [3.8, 4) is 5.75 Å². The van der Waals surface area contributed by atoms with Crippen LogP contribution in [0.3, 0.4) is 0 Å². The molecule has 0 aromatic heterocycles. The molecular formula is C22H30N2O4S. The van der Waals surface area contributed by atoms with E-state index in [1.807, 2.05) is 58.0 Å². The number of carbonyl (C=O) groups excluding carboxylic acids is 1. The molecule has 0 aliphatic carbocycles. The SMILES string of the molecule is Cc1ccc(N([C@@H](C)C(=O)N[C@@H](C)COc2ccccc2C)S(C)(=O)=O)cc1C. The average molecular weight is 419 g/mol. The van der Waals surface area contributed by atoms with E-state index in [4.69, 9.17) is 4.74 Å². The number of rotatable bonds is 8. The van der Waals surface area contributed by atoms with Crippen LogP contribution in [0.4, 0.5) is 5.69 Å². The predicted octanol–water partition coefficient (Wildman–Crippen LogP) is 3.35. The highest BCUT2D eigenvalue weighted by Gasteiger charge is 2.30. The van der Waals surface area contributed by atoms with Gasteiger partial charge in [0.15, 0.2) is 0 Å². The molecule has 0 aliphatic rings. The molecule has 0 bridgehead atoms. The predicted molar refractivity (Wildman–Crippen MR) is 117 cm³/mol. The van der Waals surface area contributed by atoms with Crippen molar-refractivity contribution in [1.82, 2.24) is 5.32 Å². The minimum atomic E-state index is -3.65. The second kappa shape index (κ2) is 9.31. The fraction of sp³-hybridized carbons (Fsp3) is 0.409. The van der Waals surface area contributed by atoms with Crippen molar-refractivity contribution in [2.45, 2.75) is 46.7 Å². The third-order valence-electron chi connectivity index (χ3n) is 4.80. The summed E-state index contributed by atoms with van der Waals surface area (Å²) in [4.78, 5) is 12.8. The van der Waals surface area contributed by atoms with E-state index in [1.165, 1.54) is 0 Å². The van der Waals surface area contributed by atoms with E-state index >= 15 is 0 Å². The number of benzene rings is 2. The number of carbonyl (C=O) groups is 1. The van der Waals surface area contributed by atoms with Crippen molar-refractivity contribution in [2.75, 3.05) is 17.2 Å². The Morgan fingerprint density at radius 2 is 1.69 bits per heavy atom. The van der Waals surface area contributed by atoms with Crippen LogP contribution >= 0.6 is 0 Å². The third kappa shape index (κ3) is 5.97. The van der Waals surface area contributed by atoms with Crippen molar-refractivity contribution >= 4 is 21.6 Å². The van der Waals surface area contributed by atoms with Crippen molar-refractivity contribution in [1.29, 1.82) is 0 Å². The molecule has 0 unspecified atom stereocenters. The lowest BCUT2D eigenvalue weighted by atomic mass is 10.1. The first-order valence-corrected chi connectivity index (χ1v) is 11.4. The molecule has 29 heavy (non-hydrogen) atoms. The maximum absolute atomic E-state index is 12.8. The highest BCUT2D eigenvalue weighted by atomic mass is 32.2. The summed E-state index contributed by atoms with van der Waals surface area (Å²) in [5.41, 5.74) is 3.50. The lowest BCUT2D eigenvalue weighted by Gasteiger charge is -2.29. The van der Waals surface area contributed by atoms with Gasteiger partial charge >= 0.3 is 0 Å². The van der Waals surface area contributed by atoms with E-state index in [-0.39, 0.29) is 18.6 Å². The Bertz CT molecular complexity index is 973. The summed E-state index contributed by atoms with van der Waals surface area (Å²) >= 11 is 0. The molecule has 7 heteroatoms. The standard InChI is InChI=1S/C22H30N2O4S/c1-15-11-12-20(13-17(15)3)24(29(6,26)27)19(5)22(25)23-18(4)14-28-21-10-8-7-9-16(21)2/h7-13,18-19H,14H2,1-6H3,(H,23,25)/t18-,19-/m0/s1. The Balaban J connectivity index is 2.10. The van der Waals surface area contributed by atoms with Crippen LogP contribution in [0.25, 0.3) is 0 Å². The monoisotopic (exact) mass is 418 g/mol. The normalized spacial score (nSPS) is 13.4. The summed E-state index contributed by atoms with van der Waals surface area (Å²) in [5, 5.41) is 2.85. The van der Waals surface area contributed by atoms with Crippen LogP contribution in [-0.4, -0.2) is 39.3 Å². The lowest BCUT2D eigenvalue weighted by molar-refractivity contribution is -0.122. The van der Waals surface area contributed by atoms with Crippen LogP contribution < -0.4 is 14.4 Å². The second-order valence-corrected chi connectivity index (χ2v) is 9.35. The fourth-order valence-electron chi connectivity index (χ4n) is 3.01. The quantitative estimate of drug-likeness (QED) is 0.713. The van der Waals surface area contributed by atoms with Crippen molar-refractivity contribution in [2.24, 2.45) is 0 Å². The van der Waals surface area contributed by atoms with Crippen LogP contribution in [0.2, 0.25) is 0 Å².